The maximum Gasteiger partial charge on any atom is 0.220 e. The van der Waals surface area contributed by atoms with Gasteiger partial charge in [0.1, 0.15) is 5.82 Å². The smallest absolute Gasteiger partial charge is 0.220 e. The number of carbonyl (C=O) groups excluding carboxylic acids is 1. The average molecular weight is 281 g/mol. The van der Waals surface area contributed by atoms with Crippen LogP contribution in [0.4, 0.5) is 4.39 Å². The monoisotopic (exact) mass is 281 g/mol. The lowest BCUT2D eigenvalue weighted by Crippen LogP contribution is -2.29. The Labute approximate surface area is 120 Å². The molecule has 0 radical (unpaired) electrons. The van der Waals surface area contributed by atoms with Crippen molar-refractivity contribution in [2.75, 3.05) is 6.54 Å². The van der Waals surface area contributed by atoms with Crippen LogP contribution in [0.1, 0.15) is 45.1 Å². The second kappa shape index (κ2) is 8.00. The first-order valence-corrected chi connectivity index (χ1v) is 7.10. The Morgan fingerprint density at radius 2 is 1.85 bits per heavy atom. The number of nitrogens with one attached hydrogen (secondary N) is 1. The average Bonchev–Trinajstić information content (AvgIpc) is 2.39. The Hall–Kier alpha value is -1.42. The van der Waals surface area contributed by atoms with E-state index in [2.05, 4.69) is 5.32 Å². The first-order valence-electron chi connectivity index (χ1n) is 7.10. The number of benzene rings is 1. The van der Waals surface area contributed by atoms with E-state index in [1.54, 1.807) is 12.1 Å². The summed E-state index contributed by atoms with van der Waals surface area (Å²) in [6, 6.07) is 6.22. The number of hydrogen-bond acceptors (Lipinski definition) is 2. The van der Waals surface area contributed by atoms with Crippen LogP contribution in [0, 0.1) is 11.7 Å². The molecule has 0 heterocycles. The van der Waals surface area contributed by atoms with Crippen LogP contribution in [0.5, 0.6) is 0 Å². The Morgan fingerprint density at radius 1 is 1.25 bits per heavy atom. The fraction of sp³-hybridized carbons (Fsp3) is 0.562. The number of carbonyl (C=O) groups is 1. The zero-order valence-electron chi connectivity index (χ0n) is 12.4. The molecule has 2 atom stereocenters. The maximum absolute atomic E-state index is 12.8. The lowest BCUT2D eigenvalue weighted by atomic mass is 9.97. The van der Waals surface area contributed by atoms with Crippen LogP contribution in [0.2, 0.25) is 0 Å². The minimum absolute atomic E-state index is 0.0437. The predicted octanol–water partition coefficient (Wildman–Crippen LogP) is 2.84. The molecule has 0 saturated heterocycles. The third-order valence-electron chi connectivity index (χ3n) is 3.46. The van der Waals surface area contributed by atoms with Gasteiger partial charge in [0, 0.05) is 13.0 Å². The summed E-state index contributed by atoms with van der Waals surface area (Å²) in [6.07, 6.45) is 0.544. The maximum atomic E-state index is 12.8. The van der Waals surface area contributed by atoms with Crippen molar-refractivity contribution in [1.29, 1.82) is 0 Å². The molecule has 1 aromatic carbocycles. The molecule has 0 unspecified atom stereocenters. The molecule has 112 valence electrons. The van der Waals surface area contributed by atoms with Gasteiger partial charge in [-0.3, -0.25) is 4.79 Å². The van der Waals surface area contributed by atoms with Crippen molar-refractivity contribution in [1.82, 2.24) is 5.32 Å². The van der Waals surface area contributed by atoms with Gasteiger partial charge >= 0.3 is 0 Å². The molecular formula is C16H24FNO2. The fourth-order valence-corrected chi connectivity index (χ4v) is 1.95. The van der Waals surface area contributed by atoms with Gasteiger partial charge in [-0.1, -0.05) is 32.9 Å². The van der Waals surface area contributed by atoms with E-state index in [1.165, 1.54) is 12.1 Å². The van der Waals surface area contributed by atoms with Crippen LogP contribution in [-0.2, 0) is 4.79 Å². The molecule has 1 amide bonds. The summed E-state index contributed by atoms with van der Waals surface area (Å²) < 4.78 is 12.8. The molecule has 0 spiro atoms. The zero-order chi connectivity index (χ0) is 15.1. The van der Waals surface area contributed by atoms with Crippen LogP contribution < -0.4 is 5.32 Å². The summed E-state index contributed by atoms with van der Waals surface area (Å²) in [5.74, 6) is -0.0680. The van der Waals surface area contributed by atoms with Gasteiger partial charge < -0.3 is 10.4 Å². The molecular weight excluding hydrogens is 257 g/mol. The first-order chi connectivity index (χ1) is 9.40. The van der Waals surface area contributed by atoms with Gasteiger partial charge in [0.15, 0.2) is 0 Å². The Morgan fingerprint density at radius 3 is 2.40 bits per heavy atom. The van der Waals surface area contributed by atoms with E-state index in [0.717, 1.165) is 5.56 Å². The minimum atomic E-state index is -0.384. The van der Waals surface area contributed by atoms with Crippen LogP contribution in [0.3, 0.4) is 0 Å². The molecule has 0 aliphatic rings. The normalized spacial score (nSPS) is 14.1. The van der Waals surface area contributed by atoms with Crippen LogP contribution in [0.25, 0.3) is 0 Å². The predicted molar refractivity (Wildman–Crippen MR) is 77.9 cm³/mol. The molecule has 2 N–H and O–H groups in total. The largest absolute Gasteiger partial charge is 0.393 e. The van der Waals surface area contributed by atoms with Gasteiger partial charge in [-0.25, -0.2) is 4.39 Å². The molecule has 3 nitrogen and oxygen atoms in total. The summed E-state index contributed by atoms with van der Waals surface area (Å²) in [6.45, 7) is 6.32. The highest BCUT2D eigenvalue weighted by Crippen LogP contribution is 2.19. The quantitative estimate of drug-likeness (QED) is 0.807. The number of hydrogen-bond donors (Lipinski definition) is 2. The summed E-state index contributed by atoms with van der Waals surface area (Å²) in [7, 11) is 0. The van der Waals surface area contributed by atoms with E-state index in [9.17, 15) is 14.3 Å². The molecule has 0 aliphatic heterocycles. The standard InChI is InChI=1S/C16H24FNO2/c1-11(2)15(19)8-9-18-16(20)10-12(3)13-4-6-14(17)7-5-13/h4-7,11-12,15,19H,8-10H2,1-3H3,(H,18,20)/t12-,15+/m0/s1. The van der Waals surface area contributed by atoms with Crippen molar-refractivity contribution in [2.45, 2.75) is 45.6 Å². The SMILES string of the molecule is CC(C)[C@H](O)CCNC(=O)C[C@H](C)c1ccc(F)cc1. The molecule has 0 aliphatic carbocycles. The highest BCUT2D eigenvalue weighted by atomic mass is 19.1. The molecule has 0 fully saturated rings. The number of aliphatic hydroxyl groups excluding tert-OH is 1. The number of aliphatic hydroxyl groups is 1. The van der Waals surface area contributed by atoms with E-state index in [-0.39, 0.29) is 29.7 Å². The van der Waals surface area contributed by atoms with Crippen LogP contribution >= 0.6 is 0 Å². The molecule has 1 rings (SSSR count). The second-order valence-electron chi connectivity index (χ2n) is 5.61. The van der Waals surface area contributed by atoms with Crippen LogP contribution in [-0.4, -0.2) is 23.7 Å². The Balaban J connectivity index is 2.33. The molecule has 0 aromatic heterocycles. The second-order valence-corrected chi connectivity index (χ2v) is 5.61. The molecule has 0 bridgehead atoms. The number of halogens is 1. The third kappa shape index (κ3) is 5.70. The van der Waals surface area contributed by atoms with Gasteiger partial charge in [-0.05, 0) is 36.0 Å². The minimum Gasteiger partial charge on any atom is -0.393 e. The fourth-order valence-electron chi connectivity index (χ4n) is 1.95. The van der Waals surface area contributed by atoms with Gasteiger partial charge in [0.25, 0.3) is 0 Å². The van der Waals surface area contributed by atoms with Crippen molar-refractivity contribution in [3.8, 4) is 0 Å². The van der Waals surface area contributed by atoms with Gasteiger partial charge in [-0.15, -0.1) is 0 Å². The first kappa shape index (κ1) is 16.6. The van der Waals surface area contributed by atoms with E-state index in [4.69, 9.17) is 0 Å². The Kier molecular flexibility index (Phi) is 6.65. The molecule has 4 heteroatoms. The summed E-state index contributed by atoms with van der Waals surface area (Å²) >= 11 is 0. The van der Waals surface area contributed by atoms with Gasteiger partial charge in [0.05, 0.1) is 6.10 Å². The zero-order valence-corrected chi connectivity index (χ0v) is 12.4. The van der Waals surface area contributed by atoms with Crippen molar-refractivity contribution >= 4 is 5.91 Å². The van der Waals surface area contributed by atoms with Crippen LogP contribution in [0.15, 0.2) is 24.3 Å². The van der Waals surface area contributed by atoms with Crippen molar-refractivity contribution < 1.29 is 14.3 Å². The Bertz CT molecular complexity index is 417. The van der Waals surface area contributed by atoms with Gasteiger partial charge in [-0.2, -0.15) is 0 Å². The van der Waals surface area contributed by atoms with Crippen molar-refractivity contribution in [2.24, 2.45) is 5.92 Å². The van der Waals surface area contributed by atoms with E-state index in [0.29, 0.717) is 19.4 Å². The lowest BCUT2D eigenvalue weighted by Gasteiger charge is -2.15. The van der Waals surface area contributed by atoms with Crippen molar-refractivity contribution in [3.05, 3.63) is 35.6 Å². The van der Waals surface area contributed by atoms with Crippen molar-refractivity contribution in [3.63, 3.8) is 0 Å². The van der Waals surface area contributed by atoms with Gasteiger partial charge in [0.2, 0.25) is 5.91 Å². The molecule has 1 aromatic rings. The summed E-state index contributed by atoms with van der Waals surface area (Å²) in [5.41, 5.74) is 0.948. The highest BCUT2D eigenvalue weighted by molar-refractivity contribution is 5.76. The van der Waals surface area contributed by atoms with E-state index >= 15 is 0 Å². The lowest BCUT2D eigenvalue weighted by molar-refractivity contribution is -0.121. The number of rotatable bonds is 7. The molecule has 20 heavy (non-hydrogen) atoms. The van der Waals surface area contributed by atoms with E-state index < -0.39 is 0 Å². The number of amides is 1. The molecule has 0 saturated carbocycles. The highest BCUT2D eigenvalue weighted by Gasteiger charge is 2.13. The third-order valence-corrected chi connectivity index (χ3v) is 3.46. The van der Waals surface area contributed by atoms with E-state index in [1.807, 2.05) is 20.8 Å². The summed E-state index contributed by atoms with van der Waals surface area (Å²) in [5, 5.41) is 12.4. The summed E-state index contributed by atoms with van der Waals surface area (Å²) in [4.78, 5) is 11.8. The topological polar surface area (TPSA) is 49.3 Å².